The fourth-order valence-corrected chi connectivity index (χ4v) is 6.09. The highest BCUT2D eigenvalue weighted by molar-refractivity contribution is 7.95. The third-order valence-corrected chi connectivity index (χ3v) is 7.73. The molecule has 0 aromatic heterocycles. The average Bonchev–Trinajstić information content (AvgIpc) is 2.69. The van der Waals surface area contributed by atoms with Gasteiger partial charge in [0, 0.05) is 5.56 Å². The summed E-state index contributed by atoms with van der Waals surface area (Å²) < 4.78 is 29.4. The predicted molar refractivity (Wildman–Crippen MR) is 119 cm³/mol. The highest BCUT2D eigenvalue weighted by Crippen LogP contribution is 2.36. The molecular weight excluding hydrogens is 386 g/mol. The Morgan fingerprint density at radius 1 is 0.750 bits per heavy atom. The van der Waals surface area contributed by atoms with Gasteiger partial charge in [-0.2, -0.15) is 4.72 Å². The Kier molecular flexibility index (Phi) is 6.60. The maximum absolute atomic E-state index is 13.2. The molecule has 0 saturated heterocycles. The monoisotopic (exact) mass is 412 g/mol. The molecule has 1 N–H and O–H groups in total. The molecule has 0 heterocycles. The Morgan fingerprint density at radius 2 is 1.25 bits per heavy atom. The van der Waals surface area contributed by atoms with Crippen LogP contribution in [0.3, 0.4) is 0 Å². The maximum atomic E-state index is 13.2. The number of sulfonamides is 1. The summed E-state index contributed by atoms with van der Waals surface area (Å²) in [4.78, 5) is 0.290. The van der Waals surface area contributed by atoms with Crippen LogP contribution in [-0.4, -0.2) is 20.9 Å². The van der Waals surface area contributed by atoms with Crippen LogP contribution in [0.2, 0.25) is 0 Å². The van der Waals surface area contributed by atoms with Crippen molar-refractivity contribution in [1.82, 2.24) is 4.72 Å². The molecule has 3 rings (SSSR count). The van der Waals surface area contributed by atoms with Crippen LogP contribution in [0, 0.1) is 6.92 Å². The van der Waals surface area contributed by atoms with Gasteiger partial charge < -0.3 is 0 Å². The lowest BCUT2D eigenvalue weighted by Crippen LogP contribution is -2.35. The lowest BCUT2D eigenvalue weighted by atomic mass is 9.99. The van der Waals surface area contributed by atoms with E-state index in [2.05, 4.69) is 29.4 Å². The van der Waals surface area contributed by atoms with Gasteiger partial charge in [-0.25, -0.2) is 8.42 Å². The summed E-state index contributed by atoms with van der Waals surface area (Å²) >= 11 is 0. The van der Waals surface area contributed by atoms with Gasteiger partial charge >= 0.3 is 0 Å². The molecule has 0 radical (unpaired) electrons. The molecule has 146 valence electrons. The summed E-state index contributed by atoms with van der Waals surface area (Å²) in [6.07, 6.45) is 4.32. The molecule has 0 saturated carbocycles. The maximum Gasteiger partial charge on any atom is 0.241 e. The topological polar surface area (TPSA) is 46.2 Å². The second kappa shape index (κ2) is 8.95. The summed E-state index contributed by atoms with van der Waals surface area (Å²) in [5, 5.41) is 0.0313. The minimum Gasteiger partial charge on any atom is -0.207 e. The smallest absolute Gasteiger partial charge is 0.207 e. The zero-order valence-corrected chi connectivity index (χ0v) is 18.0. The first-order valence-corrected chi connectivity index (χ1v) is 12.7. The van der Waals surface area contributed by atoms with Crippen LogP contribution in [0.5, 0.6) is 0 Å². The molecule has 0 fully saturated rings. The number of hydrogen-bond donors (Lipinski definition) is 1. The minimum absolute atomic E-state index is 0.0313. The van der Waals surface area contributed by atoms with E-state index < -0.39 is 10.0 Å². The molecule has 0 aliphatic carbocycles. The molecule has 0 bridgehead atoms. The number of benzene rings is 3. The van der Waals surface area contributed by atoms with E-state index in [4.69, 9.17) is 0 Å². The van der Waals surface area contributed by atoms with E-state index in [1.54, 1.807) is 12.1 Å². The van der Waals surface area contributed by atoms with Gasteiger partial charge in [0.15, 0.2) is 5.25 Å². The average molecular weight is 413 g/mol. The fraction of sp³-hybridized carbons (Fsp3) is 0.217. The first kappa shape index (κ1) is 20.6. The van der Waals surface area contributed by atoms with E-state index in [0.29, 0.717) is 0 Å². The largest absolute Gasteiger partial charge is 0.241 e. The number of nitrogens with one attached hydrogen (secondary N) is 1. The van der Waals surface area contributed by atoms with E-state index in [1.165, 1.54) is 0 Å². The predicted octanol–water partition coefficient (Wildman–Crippen LogP) is 4.63. The number of rotatable bonds is 7. The van der Waals surface area contributed by atoms with Gasteiger partial charge in [0.05, 0.1) is 23.4 Å². The van der Waals surface area contributed by atoms with Crippen molar-refractivity contribution in [3.05, 3.63) is 102 Å². The van der Waals surface area contributed by atoms with Crippen LogP contribution >= 0.6 is 0 Å². The summed E-state index contributed by atoms with van der Waals surface area (Å²) in [6.45, 7) is 1.95. The van der Waals surface area contributed by atoms with Crippen molar-refractivity contribution >= 4 is 20.9 Å². The lowest BCUT2D eigenvalue weighted by Gasteiger charge is -2.26. The van der Waals surface area contributed by atoms with Crippen LogP contribution in [0.4, 0.5) is 0 Å². The normalized spacial score (nSPS) is 14.0. The fourth-order valence-electron chi connectivity index (χ4n) is 3.30. The van der Waals surface area contributed by atoms with Crippen molar-refractivity contribution in [2.24, 2.45) is 0 Å². The second-order valence-corrected chi connectivity index (χ2v) is 11.0. The summed E-state index contributed by atoms with van der Waals surface area (Å²) in [7, 11) is -3.71. The molecule has 0 amide bonds. The second-order valence-electron chi connectivity index (χ2n) is 7.03. The highest BCUT2D eigenvalue weighted by Gasteiger charge is 2.37. The first-order valence-electron chi connectivity index (χ1n) is 9.14. The summed E-state index contributed by atoms with van der Waals surface area (Å²) in [6, 6.07) is 26.6. The number of aryl methyl sites for hydroxylation is 1. The Labute approximate surface area is 171 Å². The van der Waals surface area contributed by atoms with E-state index in [0.717, 1.165) is 16.7 Å². The zero-order valence-electron chi connectivity index (χ0n) is 16.4. The van der Waals surface area contributed by atoms with Gasteiger partial charge in [-0.3, -0.25) is 0 Å². The van der Waals surface area contributed by atoms with Crippen LogP contribution in [0.15, 0.2) is 89.8 Å². The Hall–Kier alpha value is -2.08. The Balaban J connectivity index is 2.06. The van der Waals surface area contributed by atoms with Crippen molar-refractivity contribution in [3.63, 3.8) is 0 Å². The molecule has 5 heteroatoms. The van der Waals surface area contributed by atoms with Gasteiger partial charge in [0.25, 0.3) is 0 Å². The third kappa shape index (κ3) is 4.85. The molecule has 2 atom stereocenters. The van der Waals surface area contributed by atoms with Crippen LogP contribution < -0.4 is 4.72 Å². The minimum atomic E-state index is -3.66. The Bertz CT molecular complexity index is 986. The van der Waals surface area contributed by atoms with Crippen molar-refractivity contribution in [2.45, 2.75) is 23.1 Å². The van der Waals surface area contributed by atoms with Gasteiger partial charge in [-0.15, -0.1) is 0 Å². The summed E-state index contributed by atoms with van der Waals surface area (Å²) in [5.41, 5.74) is 3.13. The zero-order chi connectivity index (χ0) is 20.1. The SMILES string of the molecule is Cc1ccc(S(=O)(=O)N[C@@H](c2ccccc2)[C@H](c2ccccc2)[S+](C)C)cc1. The standard InChI is InChI=1S/C23H26NO2S2/c1-18-14-16-21(17-15-18)28(25,26)24-22(19-10-6-4-7-11-19)23(27(2)3)20-12-8-5-9-13-20/h4-17,22-24H,1-3H3/q+1/t22-,23-/m0/s1. The van der Waals surface area contributed by atoms with Gasteiger partial charge in [0.1, 0.15) is 0 Å². The van der Waals surface area contributed by atoms with Crippen LogP contribution in [-0.2, 0) is 20.9 Å². The van der Waals surface area contributed by atoms with E-state index in [9.17, 15) is 8.42 Å². The number of hydrogen-bond acceptors (Lipinski definition) is 2. The molecular formula is C23H26NO2S2+. The van der Waals surface area contributed by atoms with E-state index in [1.807, 2.05) is 67.6 Å². The molecule has 0 aliphatic rings. The highest BCUT2D eigenvalue weighted by atomic mass is 32.2. The van der Waals surface area contributed by atoms with Gasteiger partial charge in [-0.05, 0) is 35.5 Å². The van der Waals surface area contributed by atoms with Crippen molar-refractivity contribution in [2.75, 3.05) is 12.5 Å². The first-order chi connectivity index (χ1) is 13.4. The van der Waals surface area contributed by atoms with E-state index in [-0.39, 0.29) is 27.1 Å². The quantitative estimate of drug-likeness (QED) is 0.575. The molecule has 0 spiro atoms. The lowest BCUT2D eigenvalue weighted by molar-refractivity contribution is 0.551. The molecule has 3 aromatic carbocycles. The molecule has 3 aromatic rings. The van der Waals surface area contributed by atoms with Gasteiger partial charge in [0.2, 0.25) is 10.0 Å². The van der Waals surface area contributed by atoms with Crippen molar-refractivity contribution in [1.29, 1.82) is 0 Å². The van der Waals surface area contributed by atoms with Crippen LogP contribution in [0.25, 0.3) is 0 Å². The molecule has 28 heavy (non-hydrogen) atoms. The van der Waals surface area contributed by atoms with Crippen molar-refractivity contribution < 1.29 is 8.42 Å². The molecule has 3 nitrogen and oxygen atoms in total. The molecule has 0 unspecified atom stereocenters. The third-order valence-electron chi connectivity index (χ3n) is 4.71. The van der Waals surface area contributed by atoms with E-state index >= 15 is 0 Å². The van der Waals surface area contributed by atoms with Crippen molar-refractivity contribution in [3.8, 4) is 0 Å². The summed E-state index contributed by atoms with van der Waals surface area (Å²) in [5.74, 6) is 0. The van der Waals surface area contributed by atoms with Crippen LogP contribution in [0.1, 0.15) is 28.0 Å². The van der Waals surface area contributed by atoms with Gasteiger partial charge in [-0.1, -0.05) is 78.4 Å². The molecule has 0 aliphatic heterocycles. The Morgan fingerprint density at radius 3 is 1.75 bits per heavy atom.